The zero-order valence-electron chi connectivity index (χ0n) is 15.9. The number of imidazole rings is 1. The summed E-state index contributed by atoms with van der Waals surface area (Å²) in [5.41, 5.74) is 2.46. The smallest absolute Gasteiger partial charge is 0.109 e. The van der Waals surface area contributed by atoms with Gasteiger partial charge in [0.25, 0.3) is 0 Å². The standard InChI is InChI=1S/C22H36N2/c1-3-5-6-7-8-9-10-11-12-13-16-19-24-21-18-15-14-17-20(21)23-22(24)4-2/h14-15,17-18H,3-13,16,19H2,1-2H3. The summed E-state index contributed by atoms with van der Waals surface area (Å²) in [6.07, 6.45) is 16.4. The molecule has 0 bridgehead atoms. The third-order valence-electron chi connectivity index (χ3n) is 5.04. The Labute approximate surface area is 148 Å². The predicted molar refractivity (Wildman–Crippen MR) is 106 cm³/mol. The molecular formula is C22H36N2. The molecule has 0 atom stereocenters. The van der Waals surface area contributed by atoms with Gasteiger partial charge >= 0.3 is 0 Å². The molecular weight excluding hydrogens is 292 g/mol. The number of benzene rings is 1. The third kappa shape index (κ3) is 5.96. The number of aryl methyl sites for hydroxylation is 2. The normalized spacial score (nSPS) is 11.4. The molecule has 2 aromatic rings. The predicted octanol–water partition coefficient (Wildman–Crippen LogP) is 6.91. The Morgan fingerprint density at radius 3 is 1.96 bits per heavy atom. The lowest BCUT2D eigenvalue weighted by Crippen LogP contribution is -2.03. The number of para-hydroxylation sites is 2. The van der Waals surface area contributed by atoms with Crippen molar-refractivity contribution in [2.75, 3.05) is 0 Å². The van der Waals surface area contributed by atoms with Gasteiger partial charge in [0.15, 0.2) is 0 Å². The van der Waals surface area contributed by atoms with Gasteiger partial charge in [0.05, 0.1) is 11.0 Å². The SMILES string of the molecule is CCCCCCCCCCCCCn1c(CC)nc2ccccc21. The average molecular weight is 329 g/mol. The van der Waals surface area contributed by atoms with Crippen LogP contribution in [0.4, 0.5) is 0 Å². The lowest BCUT2D eigenvalue weighted by molar-refractivity contribution is 0.530. The van der Waals surface area contributed by atoms with E-state index in [1.807, 2.05) is 0 Å². The molecule has 0 aliphatic carbocycles. The minimum atomic E-state index is 1.02. The van der Waals surface area contributed by atoms with E-state index < -0.39 is 0 Å². The molecule has 0 unspecified atom stereocenters. The number of unbranched alkanes of at least 4 members (excludes halogenated alkanes) is 10. The number of nitrogens with zero attached hydrogens (tertiary/aromatic N) is 2. The molecule has 134 valence electrons. The van der Waals surface area contributed by atoms with Crippen LogP contribution >= 0.6 is 0 Å². The highest BCUT2D eigenvalue weighted by atomic mass is 15.1. The maximum atomic E-state index is 4.76. The van der Waals surface area contributed by atoms with Gasteiger partial charge in [-0.15, -0.1) is 0 Å². The van der Waals surface area contributed by atoms with E-state index in [1.165, 1.54) is 82.0 Å². The quantitative estimate of drug-likeness (QED) is 0.365. The molecule has 0 saturated carbocycles. The second kappa shape index (κ2) is 11.3. The fourth-order valence-corrected chi connectivity index (χ4v) is 3.58. The molecule has 0 aliphatic rings. The van der Waals surface area contributed by atoms with Crippen LogP contribution in [-0.4, -0.2) is 9.55 Å². The van der Waals surface area contributed by atoms with E-state index in [1.54, 1.807) is 0 Å². The summed E-state index contributed by atoms with van der Waals surface area (Å²) in [4.78, 5) is 4.76. The van der Waals surface area contributed by atoms with Gasteiger partial charge in [-0.05, 0) is 18.6 Å². The summed E-state index contributed by atoms with van der Waals surface area (Å²) in [5, 5.41) is 0. The third-order valence-corrected chi connectivity index (χ3v) is 5.04. The highest BCUT2D eigenvalue weighted by molar-refractivity contribution is 5.75. The van der Waals surface area contributed by atoms with E-state index in [-0.39, 0.29) is 0 Å². The van der Waals surface area contributed by atoms with Crippen molar-refractivity contribution in [1.82, 2.24) is 9.55 Å². The summed E-state index contributed by atoms with van der Waals surface area (Å²) in [6, 6.07) is 8.55. The van der Waals surface area contributed by atoms with E-state index in [9.17, 15) is 0 Å². The Bertz CT molecular complexity index is 570. The number of fused-ring (bicyclic) bond motifs is 1. The minimum Gasteiger partial charge on any atom is -0.328 e. The summed E-state index contributed by atoms with van der Waals surface area (Å²) in [7, 11) is 0. The molecule has 1 heterocycles. The van der Waals surface area contributed by atoms with Crippen LogP contribution in [0.2, 0.25) is 0 Å². The molecule has 2 nitrogen and oxygen atoms in total. The zero-order valence-corrected chi connectivity index (χ0v) is 15.9. The van der Waals surface area contributed by atoms with Crippen LogP contribution < -0.4 is 0 Å². The molecule has 0 amide bonds. The van der Waals surface area contributed by atoms with Crippen LogP contribution in [0, 0.1) is 0 Å². The van der Waals surface area contributed by atoms with Crippen molar-refractivity contribution in [2.45, 2.75) is 97.4 Å². The van der Waals surface area contributed by atoms with Gasteiger partial charge in [-0.3, -0.25) is 0 Å². The maximum Gasteiger partial charge on any atom is 0.109 e. The van der Waals surface area contributed by atoms with Gasteiger partial charge in [-0.25, -0.2) is 4.98 Å². The minimum absolute atomic E-state index is 1.02. The molecule has 2 heteroatoms. The van der Waals surface area contributed by atoms with Crippen molar-refractivity contribution in [1.29, 1.82) is 0 Å². The van der Waals surface area contributed by atoms with Crippen LogP contribution in [0.3, 0.4) is 0 Å². The molecule has 1 aromatic heterocycles. The lowest BCUT2D eigenvalue weighted by Gasteiger charge is -2.08. The maximum absolute atomic E-state index is 4.76. The number of hydrogen-bond donors (Lipinski definition) is 0. The second-order valence-electron chi connectivity index (χ2n) is 7.06. The van der Waals surface area contributed by atoms with Crippen LogP contribution in [0.5, 0.6) is 0 Å². The molecule has 0 saturated heterocycles. The fourth-order valence-electron chi connectivity index (χ4n) is 3.58. The molecule has 0 N–H and O–H groups in total. The lowest BCUT2D eigenvalue weighted by atomic mass is 10.1. The zero-order chi connectivity index (χ0) is 17.0. The number of aromatic nitrogens is 2. The van der Waals surface area contributed by atoms with E-state index in [2.05, 4.69) is 42.7 Å². The van der Waals surface area contributed by atoms with Crippen LogP contribution in [0.25, 0.3) is 11.0 Å². The van der Waals surface area contributed by atoms with Crippen molar-refractivity contribution in [3.8, 4) is 0 Å². The fraction of sp³-hybridized carbons (Fsp3) is 0.682. The monoisotopic (exact) mass is 328 g/mol. The Hall–Kier alpha value is -1.31. The first-order valence-corrected chi connectivity index (χ1v) is 10.3. The van der Waals surface area contributed by atoms with Crippen molar-refractivity contribution in [3.63, 3.8) is 0 Å². The number of rotatable bonds is 13. The molecule has 2 rings (SSSR count). The molecule has 0 fully saturated rings. The van der Waals surface area contributed by atoms with E-state index >= 15 is 0 Å². The molecule has 0 radical (unpaired) electrons. The Balaban J connectivity index is 1.60. The van der Waals surface area contributed by atoms with Crippen molar-refractivity contribution >= 4 is 11.0 Å². The molecule has 0 spiro atoms. The van der Waals surface area contributed by atoms with Crippen LogP contribution in [0.15, 0.2) is 24.3 Å². The second-order valence-corrected chi connectivity index (χ2v) is 7.06. The topological polar surface area (TPSA) is 17.8 Å². The Kier molecular flexibility index (Phi) is 8.94. The first-order valence-electron chi connectivity index (χ1n) is 10.3. The highest BCUT2D eigenvalue weighted by Gasteiger charge is 2.07. The Morgan fingerprint density at radius 2 is 1.33 bits per heavy atom. The highest BCUT2D eigenvalue weighted by Crippen LogP contribution is 2.18. The molecule has 24 heavy (non-hydrogen) atoms. The molecule has 1 aromatic carbocycles. The number of hydrogen-bond acceptors (Lipinski definition) is 1. The van der Waals surface area contributed by atoms with Gasteiger partial charge < -0.3 is 4.57 Å². The van der Waals surface area contributed by atoms with Gasteiger partial charge in [-0.1, -0.05) is 90.2 Å². The van der Waals surface area contributed by atoms with Gasteiger partial charge in [0.1, 0.15) is 5.82 Å². The summed E-state index contributed by atoms with van der Waals surface area (Å²) < 4.78 is 2.43. The van der Waals surface area contributed by atoms with Crippen LogP contribution in [0.1, 0.15) is 90.3 Å². The van der Waals surface area contributed by atoms with Gasteiger partial charge in [-0.2, -0.15) is 0 Å². The Morgan fingerprint density at radius 1 is 0.750 bits per heavy atom. The summed E-state index contributed by atoms with van der Waals surface area (Å²) in [5.74, 6) is 1.24. The van der Waals surface area contributed by atoms with Gasteiger partial charge in [0.2, 0.25) is 0 Å². The van der Waals surface area contributed by atoms with E-state index in [0.717, 1.165) is 18.5 Å². The van der Waals surface area contributed by atoms with E-state index in [0.29, 0.717) is 0 Å². The van der Waals surface area contributed by atoms with Crippen LogP contribution in [-0.2, 0) is 13.0 Å². The average Bonchev–Trinajstić information content (AvgIpc) is 2.97. The van der Waals surface area contributed by atoms with Crippen molar-refractivity contribution in [2.24, 2.45) is 0 Å². The molecule has 0 aliphatic heterocycles. The van der Waals surface area contributed by atoms with Crippen molar-refractivity contribution < 1.29 is 0 Å². The van der Waals surface area contributed by atoms with Gasteiger partial charge in [0, 0.05) is 13.0 Å². The summed E-state index contributed by atoms with van der Waals surface area (Å²) >= 11 is 0. The first kappa shape index (κ1) is 19.0. The summed E-state index contributed by atoms with van der Waals surface area (Å²) in [6.45, 7) is 5.62. The first-order chi connectivity index (χ1) is 11.9. The van der Waals surface area contributed by atoms with E-state index in [4.69, 9.17) is 4.98 Å². The van der Waals surface area contributed by atoms with Crippen molar-refractivity contribution in [3.05, 3.63) is 30.1 Å². The largest absolute Gasteiger partial charge is 0.328 e.